The van der Waals surface area contributed by atoms with Crippen molar-refractivity contribution in [2.75, 3.05) is 26.2 Å². The van der Waals surface area contributed by atoms with Crippen molar-refractivity contribution < 1.29 is 0 Å². The Morgan fingerprint density at radius 2 is 1.79 bits per heavy atom. The Balaban J connectivity index is 1.76. The summed E-state index contributed by atoms with van der Waals surface area (Å²) in [4.78, 5) is 2.74. The van der Waals surface area contributed by atoms with E-state index in [9.17, 15) is 0 Å². The van der Waals surface area contributed by atoms with Crippen LogP contribution >= 0.6 is 0 Å². The number of nitrogens with one attached hydrogen (secondary N) is 1. The molecule has 2 rings (SSSR count). The third kappa shape index (κ3) is 4.19. The molecule has 1 aliphatic heterocycles. The fraction of sp³-hybridized carbons (Fsp3) is 1.00. The lowest BCUT2D eigenvalue weighted by Gasteiger charge is -2.33. The molecule has 2 fully saturated rings. The minimum atomic E-state index is 0.380. The predicted octanol–water partition coefficient (Wildman–Crippen LogP) is 3.52. The summed E-state index contributed by atoms with van der Waals surface area (Å²) >= 11 is 0. The van der Waals surface area contributed by atoms with Gasteiger partial charge in [-0.25, -0.2) is 0 Å². The summed E-state index contributed by atoms with van der Waals surface area (Å²) in [6.45, 7) is 14.6. The van der Waals surface area contributed by atoms with Crippen LogP contribution in [0.15, 0.2) is 0 Å². The summed E-state index contributed by atoms with van der Waals surface area (Å²) in [6, 6.07) is 0.660. The van der Waals surface area contributed by atoms with Gasteiger partial charge in [0.1, 0.15) is 0 Å². The number of nitrogens with zero attached hydrogens (tertiary/aromatic N) is 1. The van der Waals surface area contributed by atoms with E-state index in [0.29, 0.717) is 11.5 Å². The van der Waals surface area contributed by atoms with Crippen molar-refractivity contribution >= 4 is 0 Å². The van der Waals surface area contributed by atoms with Gasteiger partial charge in [0.15, 0.2) is 0 Å². The van der Waals surface area contributed by atoms with Crippen LogP contribution in [0.2, 0.25) is 0 Å². The quantitative estimate of drug-likeness (QED) is 0.791. The third-order valence-electron chi connectivity index (χ3n) is 5.22. The molecule has 0 aromatic rings. The molecule has 0 bridgehead atoms. The summed E-state index contributed by atoms with van der Waals surface area (Å²) < 4.78 is 0. The topological polar surface area (TPSA) is 15.3 Å². The highest BCUT2D eigenvalue weighted by molar-refractivity contribution is 4.89. The van der Waals surface area contributed by atoms with Crippen molar-refractivity contribution in [2.45, 2.75) is 65.8 Å². The van der Waals surface area contributed by atoms with Gasteiger partial charge in [0, 0.05) is 19.1 Å². The second kappa shape index (κ2) is 6.58. The summed E-state index contributed by atoms with van der Waals surface area (Å²) in [5.74, 6) is 2.08. The second-order valence-corrected chi connectivity index (χ2v) is 7.87. The SMILES string of the molecule is CCCNC(CCN1CC2CCCC2C1)C(C)(C)C. The number of fused-ring (bicyclic) bond motifs is 1. The highest BCUT2D eigenvalue weighted by atomic mass is 15.2. The van der Waals surface area contributed by atoms with Gasteiger partial charge in [0.25, 0.3) is 0 Å². The molecule has 0 amide bonds. The Hall–Kier alpha value is -0.0800. The Morgan fingerprint density at radius 1 is 1.16 bits per heavy atom. The van der Waals surface area contributed by atoms with E-state index in [1.54, 1.807) is 0 Å². The summed E-state index contributed by atoms with van der Waals surface area (Å²) in [5.41, 5.74) is 0.380. The Morgan fingerprint density at radius 3 is 2.32 bits per heavy atom. The van der Waals surface area contributed by atoms with Gasteiger partial charge in [-0.15, -0.1) is 0 Å². The maximum absolute atomic E-state index is 3.76. The monoisotopic (exact) mass is 266 g/mol. The average Bonchev–Trinajstić information content (AvgIpc) is 2.87. The molecule has 0 aromatic heterocycles. The summed E-state index contributed by atoms with van der Waals surface area (Å²) in [6.07, 6.45) is 7.03. The van der Waals surface area contributed by atoms with E-state index < -0.39 is 0 Å². The first-order valence-corrected chi connectivity index (χ1v) is 8.46. The minimum absolute atomic E-state index is 0.380. The van der Waals surface area contributed by atoms with Crippen LogP contribution in [0.1, 0.15) is 59.8 Å². The van der Waals surface area contributed by atoms with Crippen molar-refractivity contribution in [3.8, 4) is 0 Å². The molecule has 3 atom stereocenters. The summed E-state index contributed by atoms with van der Waals surface area (Å²) in [7, 11) is 0. The molecular weight excluding hydrogens is 232 g/mol. The normalized spacial score (nSPS) is 29.7. The van der Waals surface area contributed by atoms with Gasteiger partial charge in [-0.2, -0.15) is 0 Å². The molecule has 0 aromatic carbocycles. The van der Waals surface area contributed by atoms with Crippen molar-refractivity contribution in [3.05, 3.63) is 0 Å². The standard InChI is InChI=1S/C17H34N2/c1-5-10-18-16(17(2,3)4)9-11-19-12-14-7-6-8-15(14)13-19/h14-16,18H,5-13H2,1-4H3. The molecule has 1 saturated carbocycles. The van der Waals surface area contributed by atoms with Crippen LogP contribution in [0, 0.1) is 17.3 Å². The van der Waals surface area contributed by atoms with Crippen LogP contribution in [-0.4, -0.2) is 37.1 Å². The number of hydrogen-bond donors (Lipinski definition) is 1. The van der Waals surface area contributed by atoms with Crippen LogP contribution < -0.4 is 5.32 Å². The maximum Gasteiger partial charge on any atom is 0.0128 e. The number of hydrogen-bond acceptors (Lipinski definition) is 2. The molecule has 1 aliphatic carbocycles. The molecule has 2 aliphatic rings. The highest BCUT2D eigenvalue weighted by Crippen LogP contribution is 2.37. The van der Waals surface area contributed by atoms with Gasteiger partial charge in [-0.1, -0.05) is 34.1 Å². The zero-order valence-corrected chi connectivity index (χ0v) is 13.5. The molecule has 2 nitrogen and oxygen atoms in total. The molecule has 3 unspecified atom stereocenters. The fourth-order valence-electron chi connectivity index (χ4n) is 3.99. The van der Waals surface area contributed by atoms with E-state index in [4.69, 9.17) is 0 Å². The first-order chi connectivity index (χ1) is 9.00. The molecular formula is C17H34N2. The van der Waals surface area contributed by atoms with Gasteiger partial charge in [0.2, 0.25) is 0 Å². The van der Waals surface area contributed by atoms with Crippen molar-refractivity contribution in [1.29, 1.82) is 0 Å². The van der Waals surface area contributed by atoms with E-state index in [2.05, 4.69) is 37.9 Å². The molecule has 0 radical (unpaired) electrons. The lowest BCUT2D eigenvalue weighted by Crippen LogP contribution is -2.43. The van der Waals surface area contributed by atoms with Gasteiger partial charge in [0.05, 0.1) is 0 Å². The van der Waals surface area contributed by atoms with Crippen LogP contribution in [-0.2, 0) is 0 Å². The van der Waals surface area contributed by atoms with Gasteiger partial charge < -0.3 is 10.2 Å². The Bertz CT molecular complexity index is 257. The molecule has 1 N–H and O–H groups in total. The number of likely N-dealkylation sites (tertiary alicyclic amines) is 1. The number of rotatable bonds is 6. The van der Waals surface area contributed by atoms with Crippen LogP contribution in [0.5, 0.6) is 0 Å². The largest absolute Gasteiger partial charge is 0.313 e. The van der Waals surface area contributed by atoms with Crippen molar-refractivity contribution in [3.63, 3.8) is 0 Å². The smallest absolute Gasteiger partial charge is 0.0128 e. The van der Waals surface area contributed by atoms with Crippen molar-refractivity contribution in [2.24, 2.45) is 17.3 Å². The lowest BCUT2D eigenvalue weighted by molar-refractivity contribution is 0.216. The van der Waals surface area contributed by atoms with Crippen LogP contribution in [0.25, 0.3) is 0 Å². The zero-order valence-electron chi connectivity index (χ0n) is 13.5. The molecule has 2 heteroatoms. The van der Waals surface area contributed by atoms with Gasteiger partial charge in [-0.3, -0.25) is 0 Å². The van der Waals surface area contributed by atoms with E-state index in [0.717, 1.165) is 18.4 Å². The maximum atomic E-state index is 3.76. The highest BCUT2D eigenvalue weighted by Gasteiger charge is 2.36. The van der Waals surface area contributed by atoms with Gasteiger partial charge in [-0.05, 0) is 56.0 Å². The van der Waals surface area contributed by atoms with Crippen LogP contribution in [0.4, 0.5) is 0 Å². The molecule has 19 heavy (non-hydrogen) atoms. The summed E-state index contributed by atoms with van der Waals surface area (Å²) in [5, 5.41) is 3.76. The molecule has 1 heterocycles. The first kappa shape index (κ1) is 15.3. The molecule has 0 spiro atoms. The van der Waals surface area contributed by atoms with E-state index in [-0.39, 0.29) is 0 Å². The second-order valence-electron chi connectivity index (χ2n) is 7.87. The molecule has 112 valence electrons. The predicted molar refractivity (Wildman–Crippen MR) is 83.4 cm³/mol. The third-order valence-corrected chi connectivity index (χ3v) is 5.22. The zero-order chi connectivity index (χ0) is 13.9. The van der Waals surface area contributed by atoms with E-state index in [1.807, 2.05) is 0 Å². The van der Waals surface area contributed by atoms with Crippen LogP contribution in [0.3, 0.4) is 0 Å². The molecule has 1 saturated heterocycles. The average molecular weight is 266 g/mol. The van der Waals surface area contributed by atoms with E-state index in [1.165, 1.54) is 51.7 Å². The fourth-order valence-corrected chi connectivity index (χ4v) is 3.99. The van der Waals surface area contributed by atoms with E-state index >= 15 is 0 Å². The Labute approximate surface area is 120 Å². The Kier molecular flexibility index (Phi) is 5.30. The minimum Gasteiger partial charge on any atom is -0.313 e. The first-order valence-electron chi connectivity index (χ1n) is 8.46. The lowest BCUT2D eigenvalue weighted by atomic mass is 9.84. The van der Waals surface area contributed by atoms with Crippen molar-refractivity contribution in [1.82, 2.24) is 10.2 Å². The van der Waals surface area contributed by atoms with Gasteiger partial charge >= 0.3 is 0 Å².